The van der Waals surface area contributed by atoms with E-state index >= 15 is 0 Å². The van der Waals surface area contributed by atoms with Crippen molar-refractivity contribution in [2.45, 2.75) is 25.9 Å². The van der Waals surface area contributed by atoms with Crippen molar-refractivity contribution in [1.82, 2.24) is 9.88 Å². The van der Waals surface area contributed by atoms with E-state index in [0.717, 1.165) is 23.2 Å². The molecule has 154 valence electrons. The molecule has 30 heavy (non-hydrogen) atoms. The van der Waals surface area contributed by atoms with Gasteiger partial charge in [0.05, 0.1) is 25.3 Å². The largest absolute Gasteiger partial charge is 0.368 e. The minimum Gasteiger partial charge on any atom is -0.368 e. The Hall–Kier alpha value is -3.05. The van der Waals surface area contributed by atoms with Gasteiger partial charge in [0.25, 0.3) is 0 Å². The first kappa shape index (κ1) is 20.2. The van der Waals surface area contributed by atoms with Gasteiger partial charge < -0.3 is 9.64 Å². The van der Waals surface area contributed by atoms with Gasteiger partial charge in [-0.15, -0.1) is 0 Å². The fourth-order valence-corrected chi connectivity index (χ4v) is 3.62. The quantitative estimate of drug-likeness (QED) is 0.638. The summed E-state index contributed by atoms with van der Waals surface area (Å²) in [7, 11) is 0. The van der Waals surface area contributed by atoms with E-state index in [1.807, 2.05) is 12.3 Å². The summed E-state index contributed by atoms with van der Waals surface area (Å²) in [5.41, 5.74) is 5.29. The van der Waals surface area contributed by atoms with Crippen LogP contribution in [0.25, 0.3) is 0 Å². The molecule has 1 amide bonds. The lowest BCUT2D eigenvalue weighted by atomic mass is 10.0. The van der Waals surface area contributed by atoms with Gasteiger partial charge in [0.1, 0.15) is 11.9 Å². The average molecular weight is 404 g/mol. The highest BCUT2D eigenvalue weighted by molar-refractivity contribution is 5.78. The summed E-state index contributed by atoms with van der Waals surface area (Å²) in [5, 5.41) is 0. The van der Waals surface area contributed by atoms with Crippen molar-refractivity contribution in [1.29, 1.82) is 0 Å². The van der Waals surface area contributed by atoms with Crippen LogP contribution >= 0.6 is 0 Å². The molecule has 0 spiro atoms. The lowest BCUT2D eigenvalue weighted by molar-refractivity contribution is -0.138. The zero-order valence-electron chi connectivity index (χ0n) is 17.1. The molecule has 1 atom stereocenters. The number of rotatable bonds is 5. The van der Waals surface area contributed by atoms with E-state index in [1.54, 1.807) is 17.0 Å². The third-order valence-corrected chi connectivity index (χ3v) is 5.39. The van der Waals surface area contributed by atoms with Gasteiger partial charge in [-0.3, -0.25) is 9.78 Å². The SMILES string of the molecule is Cc1ccc(Cc2ccc([C@@H]3CN(C(=O)Cc4ccc(F)cc4)CCO3)nc2)cc1. The highest BCUT2D eigenvalue weighted by Gasteiger charge is 2.26. The van der Waals surface area contributed by atoms with E-state index < -0.39 is 0 Å². The van der Waals surface area contributed by atoms with Gasteiger partial charge in [0.2, 0.25) is 5.91 Å². The number of amides is 1. The molecule has 4 rings (SSSR count). The van der Waals surface area contributed by atoms with Crippen molar-refractivity contribution in [3.8, 4) is 0 Å². The van der Waals surface area contributed by atoms with Crippen LogP contribution in [0, 0.1) is 12.7 Å². The Morgan fingerprint density at radius 2 is 1.73 bits per heavy atom. The normalized spacial score (nSPS) is 16.5. The molecule has 0 aliphatic carbocycles. The number of carbonyl (C=O) groups is 1. The van der Waals surface area contributed by atoms with Crippen LogP contribution in [0.15, 0.2) is 66.9 Å². The number of halogens is 1. The topological polar surface area (TPSA) is 42.4 Å². The molecule has 4 nitrogen and oxygen atoms in total. The first-order valence-corrected chi connectivity index (χ1v) is 10.2. The molecule has 1 saturated heterocycles. The number of carbonyl (C=O) groups excluding carboxylic acids is 1. The number of nitrogens with zero attached hydrogens (tertiary/aromatic N) is 2. The van der Waals surface area contributed by atoms with Crippen molar-refractivity contribution in [2.24, 2.45) is 0 Å². The molecule has 0 unspecified atom stereocenters. The summed E-state index contributed by atoms with van der Waals surface area (Å²) in [4.78, 5) is 19.1. The van der Waals surface area contributed by atoms with Crippen molar-refractivity contribution in [3.05, 3.63) is 101 Å². The number of hydrogen-bond acceptors (Lipinski definition) is 3. The van der Waals surface area contributed by atoms with Gasteiger partial charge >= 0.3 is 0 Å². The second kappa shape index (κ2) is 9.18. The lowest BCUT2D eigenvalue weighted by Crippen LogP contribution is -2.43. The van der Waals surface area contributed by atoms with E-state index in [4.69, 9.17) is 4.74 Å². The van der Waals surface area contributed by atoms with E-state index in [0.29, 0.717) is 19.7 Å². The number of aryl methyl sites for hydroxylation is 1. The molecule has 2 aromatic carbocycles. The first-order chi connectivity index (χ1) is 14.6. The van der Waals surface area contributed by atoms with E-state index in [9.17, 15) is 9.18 Å². The summed E-state index contributed by atoms with van der Waals surface area (Å²) in [6.45, 7) is 3.59. The third-order valence-electron chi connectivity index (χ3n) is 5.39. The summed E-state index contributed by atoms with van der Waals surface area (Å²) in [5.74, 6) is -0.277. The van der Waals surface area contributed by atoms with Crippen molar-refractivity contribution >= 4 is 5.91 Å². The summed E-state index contributed by atoms with van der Waals surface area (Å²) in [6, 6.07) is 18.6. The second-order valence-electron chi connectivity index (χ2n) is 7.76. The van der Waals surface area contributed by atoms with Gasteiger partial charge in [-0.05, 0) is 48.2 Å². The zero-order valence-corrected chi connectivity index (χ0v) is 17.1. The monoisotopic (exact) mass is 404 g/mol. The van der Waals surface area contributed by atoms with E-state index in [-0.39, 0.29) is 24.2 Å². The Balaban J connectivity index is 1.37. The fourth-order valence-electron chi connectivity index (χ4n) is 3.62. The fraction of sp³-hybridized carbons (Fsp3) is 0.280. The lowest BCUT2D eigenvalue weighted by Gasteiger charge is -2.32. The standard InChI is InChI=1S/C25H25FN2O2/c1-18-2-4-19(5-3-18)14-21-8-11-23(27-16-21)24-17-28(12-13-30-24)25(29)15-20-6-9-22(26)10-7-20/h2-11,16,24H,12-15,17H2,1H3/t24-/m0/s1. The summed E-state index contributed by atoms with van der Waals surface area (Å²) < 4.78 is 18.9. The molecule has 3 aromatic rings. The van der Waals surface area contributed by atoms with Gasteiger partial charge in [-0.1, -0.05) is 48.0 Å². The molecular formula is C25H25FN2O2. The maximum Gasteiger partial charge on any atom is 0.227 e. The Morgan fingerprint density at radius 1 is 1.03 bits per heavy atom. The van der Waals surface area contributed by atoms with Gasteiger partial charge in [0, 0.05) is 12.7 Å². The summed E-state index contributed by atoms with van der Waals surface area (Å²) in [6.07, 6.45) is 2.75. The van der Waals surface area contributed by atoms with Crippen molar-refractivity contribution < 1.29 is 13.9 Å². The number of morpholine rings is 1. The maximum atomic E-state index is 13.1. The Morgan fingerprint density at radius 3 is 2.43 bits per heavy atom. The Labute approximate surface area is 176 Å². The Kier molecular flexibility index (Phi) is 6.19. The molecule has 0 N–H and O–H groups in total. The highest BCUT2D eigenvalue weighted by atomic mass is 19.1. The molecule has 1 aliphatic rings. The van der Waals surface area contributed by atoms with E-state index in [2.05, 4.69) is 42.2 Å². The molecule has 5 heteroatoms. The minimum atomic E-state index is -0.297. The minimum absolute atomic E-state index is 0.0194. The predicted octanol–water partition coefficient (Wildman–Crippen LogP) is 4.26. The third kappa shape index (κ3) is 5.10. The van der Waals surface area contributed by atoms with Crippen LogP contribution < -0.4 is 0 Å². The molecular weight excluding hydrogens is 379 g/mol. The van der Waals surface area contributed by atoms with Crippen LogP contribution in [0.2, 0.25) is 0 Å². The predicted molar refractivity (Wildman–Crippen MR) is 114 cm³/mol. The molecule has 0 bridgehead atoms. The maximum absolute atomic E-state index is 13.1. The van der Waals surface area contributed by atoms with Crippen LogP contribution in [0.3, 0.4) is 0 Å². The first-order valence-electron chi connectivity index (χ1n) is 10.2. The number of benzene rings is 2. The highest BCUT2D eigenvalue weighted by Crippen LogP contribution is 2.22. The van der Waals surface area contributed by atoms with Crippen LogP contribution in [-0.2, 0) is 22.4 Å². The van der Waals surface area contributed by atoms with Crippen molar-refractivity contribution in [3.63, 3.8) is 0 Å². The zero-order chi connectivity index (χ0) is 20.9. The number of aromatic nitrogens is 1. The molecule has 0 radical (unpaired) electrons. The van der Waals surface area contributed by atoms with Gasteiger partial charge in [-0.25, -0.2) is 4.39 Å². The molecule has 1 fully saturated rings. The van der Waals surface area contributed by atoms with Crippen LogP contribution in [0.4, 0.5) is 4.39 Å². The number of ether oxygens (including phenoxy) is 1. The van der Waals surface area contributed by atoms with E-state index in [1.165, 1.54) is 23.3 Å². The van der Waals surface area contributed by atoms with Gasteiger partial charge in [-0.2, -0.15) is 0 Å². The smallest absolute Gasteiger partial charge is 0.227 e. The molecule has 1 aliphatic heterocycles. The van der Waals surface area contributed by atoms with Gasteiger partial charge in [0.15, 0.2) is 0 Å². The summed E-state index contributed by atoms with van der Waals surface area (Å²) >= 11 is 0. The second-order valence-corrected chi connectivity index (χ2v) is 7.76. The van der Waals surface area contributed by atoms with Crippen LogP contribution in [-0.4, -0.2) is 35.5 Å². The van der Waals surface area contributed by atoms with Crippen LogP contribution in [0.1, 0.15) is 34.1 Å². The number of pyridine rings is 1. The average Bonchev–Trinajstić information content (AvgIpc) is 2.77. The van der Waals surface area contributed by atoms with Crippen molar-refractivity contribution in [2.75, 3.05) is 19.7 Å². The molecule has 0 saturated carbocycles. The molecule has 2 heterocycles. The Bertz CT molecular complexity index is 985. The molecule has 1 aromatic heterocycles. The van der Waals surface area contributed by atoms with Crippen LogP contribution in [0.5, 0.6) is 0 Å². The number of hydrogen-bond donors (Lipinski definition) is 0.